The molecule has 3 rings (SSSR count). The van der Waals surface area contributed by atoms with Gasteiger partial charge in [-0.15, -0.1) is 0 Å². The standard InChI is InChI=1S/C25H35N3O3/c1-3-4-6-9-20-12-14-22(15-13-20)25(30)28(17-21-10-7-5-8-11-21)18-24(29)26-23-16-19(2)31-27-23/h12-16,21H,3-11,17-18H2,1-2H3,(H,26,27,29). The second-order valence-electron chi connectivity index (χ2n) is 8.71. The van der Waals surface area contributed by atoms with Crippen molar-refractivity contribution in [1.29, 1.82) is 0 Å². The van der Waals surface area contributed by atoms with Crippen molar-refractivity contribution in [3.63, 3.8) is 0 Å². The van der Waals surface area contributed by atoms with Crippen molar-refractivity contribution in [3.8, 4) is 0 Å². The van der Waals surface area contributed by atoms with Crippen LogP contribution in [0.25, 0.3) is 0 Å². The summed E-state index contributed by atoms with van der Waals surface area (Å²) in [5.74, 6) is 1.12. The van der Waals surface area contributed by atoms with Gasteiger partial charge in [0.25, 0.3) is 5.91 Å². The number of carbonyl (C=O) groups is 2. The van der Waals surface area contributed by atoms with E-state index in [2.05, 4.69) is 17.4 Å². The number of hydrogen-bond donors (Lipinski definition) is 1. The third-order valence-corrected chi connectivity index (χ3v) is 5.99. The summed E-state index contributed by atoms with van der Waals surface area (Å²) >= 11 is 0. The van der Waals surface area contributed by atoms with Gasteiger partial charge in [-0.2, -0.15) is 0 Å². The van der Waals surface area contributed by atoms with Crippen LogP contribution in [-0.2, 0) is 11.2 Å². The first kappa shape index (κ1) is 23.0. The molecule has 0 saturated heterocycles. The van der Waals surface area contributed by atoms with Gasteiger partial charge in [0.2, 0.25) is 5.91 Å². The van der Waals surface area contributed by atoms with Crippen molar-refractivity contribution in [2.24, 2.45) is 5.92 Å². The molecule has 1 aliphatic carbocycles. The lowest BCUT2D eigenvalue weighted by atomic mass is 9.89. The van der Waals surface area contributed by atoms with Crippen molar-refractivity contribution < 1.29 is 14.1 Å². The minimum Gasteiger partial charge on any atom is -0.360 e. The number of benzene rings is 1. The second-order valence-corrected chi connectivity index (χ2v) is 8.71. The first-order chi connectivity index (χ1) is 15.0. The lowest BCUT2D eigenvalue weighted by molar-refractivity contribution is -0.117. The molecule has 1 fully saturated rings. The highest BCUT2D eigenvalue weighted by Gasteiger charge is 2.24. The second kappa shape index (κ2) is 11.7. The number of unbranched alkanes of at least 4 members (excludes halogenated alkanes) is 2. The van der Waals surface area contributed by atoms with E-state index in [9.17, 15) is 9.59 Å². The van der Waals surface area contributed by atoms with E-state index in [1.807, 2.05) is 24.3 Å². The van der Waals surface area contributed by atoms with Crippen molar-refractivity contribution in [3.05, 3.63) is 47.2 Å². The van der Waals surface area contributed by atoms with E-state index >= 15 is 0 Å². The van der Waals surface area contributed by atoms with E-state index < -0.39 is 0 Å². The lowest BCUT2D eigenvalue weighted by Gasteiger charge is -2.29. The van der Waals surface area contributed by atoms with Crippen LogP contribution >= 0.6 is 0 Å². The summed E-state index contributed by atoms with van der Waals surface area (Å²) in [6.07, 6.45) is 10.5. The summed E-state index contributed by atoms with van der Waals surface area (Å²) in [7, 11) is 0. The molecule has 6 heteroatoms. The molecular formula is C25H35N3O3. The molecule has 0 atom stereocenters. The Morgan fingerprint density at radius 3 is 2.52 bits per heavy atom. The van der Waals surface area contributed by atoms with Crippen LogP contribution in [-0.4, -0.2) is 35.0 Å². The molecule has 1 aromatic heterocycles. The zero-order chi connectivity index (χ0) is 22.1. The number of aryl methyl sites for hydroxylation is 2. The molecule has 1 aromatic carbocycles. The highest BCUT2D eigenvalue weighted by Crippen LogP contribution is 2.25. The Bertz CT molecular complexity index is 838. The van der Waals surface area contributed by atoms with Gasteiger partial charge in [-0.25, -0.2) is 0 Å². The van der Waals surface area contributed by atoms with Gasteiger partial charge in [-0.3, -0.25) is 9.59 Å². The van der Waals surface area contributed by atoms with Gasteiger partial charge in [0.1, 0.15) is 12.3 Å². The molecule has 2 aromatic rings. The Morgan fingerprint density at radius 1 is 1.13 bits per heavy atom. The minimum atomic E-state index is -0.256. The monoisotopic (exact) mass is 425 g/mol. The number of anilines is 1. The fraction of sp³-hybridized carbons (Fsp3) is 0.560. The van der Waals surface area contributed by atoms with Gasteiger partial charge >= 0.3 is 0 Å². The Balaban J connectivity index is 1.66. The van der Waals surface area contributed by atoms with Crippen LogP contribution in [0.1, 0.15) is 80.0 Å². The number of nitrogens with zero attached hydrogens (tertiary/aromatic N) is 2. The summed E-state index contributed by atoms with van der Waals surface area (Å²) < 4.78 is 5.01. The van der Waals surface area contributed by atoms with E-state index in [4.69, 9.17) is 4.52 Å². The van der Waals surface area contributed by atoms with Crippen LogP contribution in [0.3, 0.4) is 0 Å². The molecule has 0 aliphatic heterocycles. The molecule has 0 bridgehead atoms. The maximum absolute atomic E-state index is 13.3. The highest BCUT2D eigenvalue weighted by atomic mass is 16.5. The van der Waals surface area contributed by atoms with E-state index in [0.717, 1.165) is 19.3 Å². The van der Waals surface area contributed by atoms with Crippen LogP contribution in [0, 0.1) is 12.8 Å². The number of nitrogens with one attached hydrogen (secondary N) is 1. The van der Waals surface area contributed by atoms with E-state index in [-0.39, 0.29) is 18.4 Å². The Kier molecular flexibility index (Phi) is 8.68. The largest absolute Gasteiger partial charge is 0.360 e. The maximum atomic E-state index is 13.3. The third-order valence-electron chi connectivity index (χ3n) is 5.99. The molecule has 1 N–H and O–H groups in total. The van der Waals surface area contributed by atoms with Gasteiger partial charge in [0, 0.05) is 18.2 Å². The van der Waals surface area contributed by atoms with E-state index in [0.29, 0.717) is 29.6 Å². The summed E-state index contributed by atoms with van der Waals surface area (Å²) in [6, 6.07) is 9.55. The van der Waals surface area contributed by atoms with E-state index in [1.54, 1.807) is 17.9 Å². The number of amides is 2. The SMILES string of the molecule is CCCCCc1ccc(C(=O)N(CC(=O)Nc2cc(C)on2)CC2CCCCC2)cc1. The quantitative estimate of drug-likeness (QED) is 0.519. The van der Waals surface area contributed by atoms with Crippen LogP contribution in [0.5, 0.6) is 0 Å². The van der Waals surface area contributed by atoms with Crippen LogP contribution in [0.15, 0.2) is 34.9 Å². The molecule has 31 heavy (non-hydrogen) atoms. The Hall–Kier alpha value is -2.63. The maximum Gasteiger partial charge on any atom is 0.254 e. The van der Waals surface area contributed by atoms with Crippen LogP contribution < -0.4 is 5.32 Å². The predicted molar refractivity (Wildman–Crippen MR) is 122 cm³/mol. The van der Waals surface area contributed by atoms with Gasteiger partial charge in [-0.05, 0) is 56.2 Å². The van der Waals surface area contributed by atoms with Crippen molar-refractivity contribution in [1.82, 2.24) is 10.1 Å². The highest BCUT2D eigenvalue weighted by molar-refractivity contribution is 5.99. The minimum absolute atomic E-state index is 0.0134. The fourth-order valence-electron chi connectivity index (χ4n) is 4.26. The van der Waals surface area contributed by atoms with Crippen molar-refractivity contribution in [2.45, 2.75) is 71.6 Å². The van der Waals surface area contributed by atoms with E-state index in [1.165, 1.54) is 44.1 Å². The molecule has 1 aliphatic rings. The number of aromatic nitrogens is 1. The van der Waals surface area contributed by atoms with Gasteiger partial charge < -0.3 is 14.7 Å². The molecule has 1 heterocycles. The molecular weight excluding hydrogens is 390 g/mol. The zero-order valence-electron chi connectivity index (χ0n) is 18.9. The molecule has 0 spiro atoms. The van der Waals surface area contributed by atoms with Crippen molar-refractivity contribution >= 4 is 17.6 Å². The van der Waals surface area contributed by atoms with Crippen LogP contribution in [0.4, 0.5) is 5.82 Å². The molecule has 1 saturated carbocycles. The average molecular weight is 426 g/mol. The van der Waals surface area contributed by atoms with Gasteiger partial charge in [0.05, 0.1) is 0 Å². The average Bonchev–Trinajstić information content (AvgIpc) is 3.18. The molecule has 0 radical (unpaired) electrons. The Labute approximate surface area is 185 Å². The summed E-state index contributed by atoms with van der Waals surface area (Å²) in [5, 5.41) is 6.55. The topological polar surface area (TPSA) is 75.4 Å². The first-order valence-electron chi connectivity index (χ1n) is 11.7. The molecule has 6 nitrogen and oxygen atoms in total. The normalized spacial score (nSPS) is 14.4. The fourth-order valence-corrected chi connectivity index (χ4v) is 4.26. The number of carbonyl (C=O) groups excluding carboxylic acids is 2. The van der Waals surface area contributed by atoms with Gasteiger partial charge in [0.15, 0.2) is 5.82 Å². The smallest absolute Gasteiger partial charge is 0.254 e. The van der Waals surface area contributed by atoms with Crippen LogP contribution in [0.2, 0.25) is 0 Å². The van der Waals surface area contributed by atoms with Crippen molar-refractivity contribution in [2.75, 3.05) is 18.4 Å². The zero-order valence-corrected chi connectivity index (χ0v) is 18.9. The van der Waals surface area contributed by atoms with Gasteiger partial charge in [-0.1, -0.05) is 56.3 Å². The number of hydrogen-bond acceptors (Lipinski definition) is 4. The third kappa shape index (κ3) is 7.23. The summed E-state index contributed by atoms with van der Waals surface area (Å²) in [5.41, 5.74) is 1.89. The predicted octanol–water partition coefficient (Wildman–Crippen LogP) is 5.38. The molecule has 168 valence electrons. The summed E-state index contributed by atoms with van der Waals surface area (Å²) in [6.45, 7) is 4.60. The summed E-state index contributed by atoms with van der Waals surface area (Å²) in [4.78, 5) is 27.6. The first-order valence-corrected chi connectivity index (χ1v) is 11.7. The molecule has 2 amide bonds. The lowest BCUT2D eigenvalue weighted by Crippen LogP contribution is -2.41. The Morgan fingerprint density at radius 2 is 1.87 bits per heavy atom. The molecule has 0 unspecified atom stereocenters. The number of rotatable bonds is 10.